The largest absolute Gasteiger partial charge is 0.461 e. The number of rotatable bonds is 6. The lowest BCUT2D eigenvalue weighted by molar-refractivity contribution is -0.0462. The van der Waals surface area contributed by atoms with Gasteiger partial charge in [-0.05, 0) is 42.4 Å². The lowest BCUT2D eigenvalue weighted by Crippen LogP contribution is -2.39. The van der Waals surface area contributed by atoms with E-state index in [0.29, 0.717) is 16.1 Å². The van der Waals surface area contributed by atoms with Crippen LogP contribution in [0.25, 0.3) is 0 Å². The molecule has 1 aromatic carbocycles. The number of benzene rings is 1. The average molecular weight is 382 g/mol. The van der Waals surface area contributed by atoms with Crippen LogP contribution in [0.1, 0.15) is 25.3 Å². The maximum atomic E-state index is 11.6. The molecular weight excluding hydrogens is 362 g/mol. The summed E-state index contributed by atoms with van der Waals surface area (Å²) in [6, 6.07) is 7.22. The number of aliphatic hydroxyl groups is 1. The number of ether oxygens (including phenoxy) is 1. The number of aromatic nitrogens is 3. The van der Waals surface area contributed by atoms with Gasteiger partial charge in [0, 0.05) is 16.8 Å². The van der Waals surface area contributed by atoms with E-state index in [1.807, 2.05) is 12.1 Å². The molecule has 2 unspecified atom stereocenters. The van der Waals surface area contributed by atoms with Gasteiger partial charge in [-0.1, -0.05) is 30.7 Å². The van der Waals surface area contributed by atoms with E-state index in [0.717, 1.165) is 30.2 Å². The molecule has 1 aliphatic carbocycles. The fourth-order valence-electron chi connectivity index (χ4n) is 3.01. The normalized spacial score (nSPS) is 17.8. The third kappa shape index (κ3) is 3.99. The molecule has 134 valence electrons. The predicted molar refractivity (Wildman–Crippen MR) is 95.5 cm³/mol. The van der Waals surface area contributed by atoms with E-state index >= 15 is 0 Å². The third-order valence-electron chi connectivity index (χ3n) is 4.74. The second-order valence-corrected chi connectivity index (χ2v) is 7.65. The minimum absolute atomic E-state index is 0.0360. The Balaban J connectivity index is 1.92. The Hall–Kier alpha value is -1.57. The lowest BCUT2D eigenvalue weighted by atomic mass is 9.79. The first-order valence-corrected chi connectivity index (χ1v) is 9.25. The van der Waals surface area contributed by atoms with Gasteiger partial charge in [-0.3, -0.25) is 0 Å². The molecule has 2 aromatic rings. The van der Waals surface area contributed by atoms with Gasteiger partial charge in [-0.2, -0.15) is 5.10 Å². The van der Waals surface area contributed by atoms with Crippen LogP contribution in [0.15, 0.2) is 35.7 Å². The van der Waals surface area contributed by atoms with E-state index in [4.69, 9.17) is 11.6 Å². The highest BCUT2D eigenvalue weighted by molar-refractivity contribution is 8.13. The first kappa shape index (κ1) is 18.2. The number of hydrogen-bond donors (Lipinski definition) is 1. The van der Waals surface area contributed by atoms with Crippen molar-refractivity contribution in [2.45, 2.75) is 37.1 Å². The summed E-state index contributed by atoms with van der Waals surface area (Å²) in [7, 11) is 1.31. The van der Waals surface area contributed by atoms with Crippen molar-refractivity contribution < 1.29 is 14.6 Å². The van der Waals surface area contributed by atoms with E-state index in [9.17, 15) is 9.90 Å². The Bertz CT molecular complexity index is 748. The van der Waals surface area contributed by atoms with Crippen LogP contribution in [0.3, 0.4) is 0 Å². The lowest BCUT2D eigenvalue weighted by Gasteiger charge is -2.35. The topological polar surface area (TPSA) is 77.2 Å². The van der Waals surface area contributed by atoms with Gasteiger partial charge in [0.1, 0.15) is 11.9 Å². The molecule has 2 atom stereocenters. The smallest absolute Gasteiger partial charge is 0.374 e. The molecule has 1 N–H and O–H groups in total. The maximum absolute atomic E-state index is 11.6. The van der Waals surface area contributed by atoms with E-state index in [-0.39, 0.29) is 12.5 Å². The Morgan fingerprint density at radius 2 is 2.16 bits per heavy atom. The Morgan fingerprint density at radius 3 is 2.76 bits per heavy atom. The molecule has 0 saturated heterocycles. The van der Waals surface area contributed by atoms with Crippen molar-refractivity contribution in [3.8, 4) is 0 Å². The van der Waals surface area contributed by atoms with Crippen molar-refractivity contribution in [1.29, 1.82) is 0 Å². The summed E-state index contributed by atoms with van der Waals surface area (Å²) >= 11 is 6.84. The molecule has 0 spiro atoms. The molecule has 6 nitrogen and oxygen atoms in total. The number of nitrogens with zero attached hydrogens (tertiary/aromatic N) is 3. The van der Waals surface area contributed by atoms with Crippen molar-refractivity contribution in [1.82, 2.24) is 14.8 Å². The zero-order valence-electron chi connectivity index (χ0n) is 14.1. The van der Waals surface area contributed by atoms with Crippen LogP contribution in [0.4, 0.5) is 4.79 Å². The number of thioether (sulfide) groups is 1. The molecule has 1 saturated carbocycles. The maximum Gasteiger partial charge on any atom is 0.374 e. The van der Waals surface area contributed by atoms with Crippen LogP contribution < -0.4 is 0 Å². The van der Waals surface area contributed by atoms with Crippen LogP contribution in [-0.4, -0.2) is 32.3 Å². The summed E-state index contributed by atoms with van der Waals surface area (Å²) in [5, 5.41) is 16.3. The molecule has 1 heterocycles. The second kappa shape index (κ2) is 7.35. The van der Waals surface area contributed by atoms with Crippen LogP contribution in [0, 0.1) is 11.8 Å². The van der Waals surface area contributed by atoms with Gasteiger partial charge >= 0.3 is 5.30 Å². The second-order valence-electron chi connectivity index (χ2n) is 6.31. The molecule has 3 rings (SSSR count). The van der Waals surface area contributed by atoms with Crippen molar-refractivity contribution in [2.24, 2.45) is 11.8 Å². The average Bonchev–Trinajstić information content (AvgIpc) is 3.37. The van der Waals surface area contributed by atoms with Crippen molar-refractivity contribution in [2.75, 3.05) is 7.11 Å². The third-order valence-corrected chi connectivity index (χ3v) is 5.82. The molecule has 0 amide bonds. The highest BCUT2D eigenvalue weighted by Crippen LogP contribution is 2.46. The fourth-order valence-corrected chi connectivity index (χ4v) is 3.68. The van der Waals surface area contributed by atoms with Crippen molar-refractivity contribution >= 4 is 28.7 Å². The predicted octanol–water partition coefficient (Wildman–Crippen LogP) is 3.72. The van der Waals surface area contributed by atoms with Crippen LogP contribution >= 0.6 is 23.4 Å². The Kier molecular flexibility index (Phi) is 5.36. The quantitative estimate of drug-likeness (QED) is 0.607. The Labute approximate surface area is 155 Å². The summed E-state index contributed by atoms with van der Waals surface area (Å²) in [4.78, 5) is 15.6. The van der Waals surface area contributed by atoms with E-state index in [2.05, 4.69) is 21.7 Å². The summed E-state index contributed by atoms with van der Waals surface area (Å²) in [6.45, 7) is 2.25. The van der Waals surface area contributed by atoms with Crippen LogP contribution in [-0.2, 0) is 16.9 Å². The number of halogens is 1. The zero-order chi connectivity index (χ0) is 18.0. The minimum Gasteiger partial charge on any atom is -0.461 e. The molecular formula is C17H20ClN3O3S. The van der Waals surface area contributed by atoms with Gasteiger partial charge in [-0.15, -0.1) is 0 Å². The monoisotopic (exact) mass is 381 g/mol. The highest BCUT2D eigenvalue weighted by atomic mass is 35.5. The fraction of sp³-hybridized carbons (Fsp3) is 0.471. The Morgan fingerprint density at radius 1 is 1.48 bits per heavy atom. The van der Waals surface area contributed by atoms with Crippen molar-refractivity contribution in [3.05, 3.63) is 41.2 Å². The van der Waals surface area contributed by atoms with E-state index in [1.165, 1.54) is 13.4 Å². The number of carbonyl (C=O) groups excluding carboxylic acids is 1. The van der Waals surface area contributed by atoms with Gasteiger partial charge in [0.05, 0.1) is 13.7 Å². The minimum atomic E-state index is -1.13. The van der Waals surface area contributed by atoms with Gasteiger partial charge in [0.15, 0.2) is 5.16 Å². The van der Waals surface area contributed by atoms with Gasteiger partial charge in [-0.25, -0.2) is 14.5 Å². The summed E-state index contributed by atoms with van der Waals surface area (Å²) in [6.07, 6.45) is 3.59. The van der Waals surface area contributed by atoms with Crippen LogP contribution in [0.5, 0.6) is 0 Å². The summed E-state index contributed by atoms with van der Waals surface area (Å²) in [5.41, 5.74) is -0.356. The van der Waals surface area contributed by atoms with Crippen molar-refractivity contribution in [3.63, 3.8) is 0 Å². The molecule has 8 heteroatoms. The summed E-state index contributed by atoms with van der Waals surface area (Å²) < 4.78 is 6.22. The standard InChI is InChI=1S/C17H20ClN3O3S/c1-11(12-3-4-12)17(23,13-5-7-14(18)8-6-13)9-21-15(19-10-20-21)25-16(22)24-2/h5-8,10-12,23H,3-4,9H2,1-2H3. The van der Waals surface area contributed by atoms with Gasteiger partial charge in [0.2, 0.25) is 0 Å². The first-order valence-electron chi connectivity index (χ1n) is 8.06. The zero-order valence-corrected chi connectivity index (χ0v) is 15.6. The SMILES string of the molecule is COC(=O)Sc1ncnn1CC(O)(c1ccc(Cl)cc1)C(C)C1CC1. The molecule has 25 heavy (non-hydrogen) atoms. The number of hydrogen-bond acceptors (Lipinski definition) is 6. The molecule has 1 aromatic heterocycles. The molecule has 0 radical (unpaired) electrons. The number of methoxy groups -OCH3 is 1. The highest BCUT2D eigenvalue weighted by Gasteiger charge is 2.44. The van der Waals surface area contributed by atoms with E-state index in [1.54, 1.807) is 16.8 Å². The van der Waals surface area contributed by atoms with Gasteiger partial charge < -0.3 is 9.84 Å². The molecule has 0 bridgehead atoms. The van der Waals surface area contributed by atoms with E-state index < -0.39 is 10.9 Å². The van der Waals surface area contributed by atoms with Gasteiger partial charge in [0.25, 0.3) is 0 Å². The molecule has 1 fully saturated rings. The molecule has 0 aliphatic heterocycles. The summed E-state index contributed by atoms with van der Waals surface area (Å²) in [5.74, 6) is 0.509. The molecule has 1 aliphatic rings. The first-order chi connectivity index (χ1) is 11.9. The number of carbonyl (C=O) groups is 1. The van der Waals surface area contributed by atoms with Crippen LogP contribution in [0.2, 0.25) is 5.02 Å².